The van der Waals surface area contributed by atoms with E-state index in [2.05, 4.69) is 10.6 Å². The lowest BCUT2D eigenvalue weighted by atomic mass is 9.88. The van der Waals surface area contributed by atoms with E-state index in [0.29, 0.717) is 35.4 Å². The van der Waals surface area contributed by atoms with Gasteiger partial charge < -0.3 is 15.1 Å². The van der Waals surface area contributed by atoms with Gasteiger partial charge in [0.2, 0.25) is 5.91 Å². The molecular formula is C20H22N2O3. The van der Waals surface area contributed by atoms with E-state index in [4.69, 9.17) is 4.42 Å². The SMILES string of the molecule is O=C(NCc1ccco1)c1ccccc1NC(=O)C1CC2CCC1C2. The topological polar surface area (TPSA) is 71.3 Å². The van der Waals surface area contributed by atoms with Gasteiger partial charge in [0, 0.05) is 5.92 Å². The molecule has 1 aromatic heterocycles. The van der Waals surface area contributed by atoms with Crippen LogP contribution in [0.5, 0.6) is 0 Å². The lowest BCUT2D eigenvalue weighted by Gasteiger charge is -2.21. The first-order valence-corrected chi connectivity index (χ1v) is 8.91. The van der Waals surface area contributed by atoms with Crippen LogP contribution in [0.25, 0.3) is 0 Å². The predicted octanol–water partition coefficient (Wildman–Crippen LogP) is 3.58. The summed E-state index contributed by atoms with van der Waals surface area (Å²) >= 11 is 0. The van der Waals surface area contributed by atoms with Gasteiger partial charge >= 0.3 is 0 Å². The molecule has 2 aliphatic rings. The van der Waals surface area contributed by atoms with E-state index in [1.165, 1.54) is 12.8 Å². The summed E-state index contributed by atoms with van der Waals surface area (Å²) in [5.74, 6) is 1.85. The fourth-order valence-corrected chi connectivity index (χ4v) is 4.26. The van der Waals surface area contributed by atoms with Gasteiger partial charge in [-0.3, -0.25) is 9.59 Å². The number of amides is 2. The van der Waals surface area contributed by atoms with E-state index in [1.807, 2.05) is 12.1 Å². The second kappa shape index (κ2) is 6.75. The van der Waals surface area contributed by atoms with E-state index in [9.17, 15) is 9.59 Å². The van der Waals surface area contributed by atoms with Crippen molar-refractivity contribution in [3.05, 3.63) is 54.0 Å². The summed E-state index contributed by atoms with van der Waals surface area (Å²) in [4.78, 5) is 25.2. The van der Waals surface area contributed by atoms with Gasteiger partial charge in [-0.05, 0) is 55.4 Å². The van der Waals surface area contributed by atoms with E-state index in [-0.39, 0.29) is 17.7 Å². The van der Waals surface area contributed by atoms with Gasteiger partial charge in [-0.2, -0.15) is 0 Å². The number of fused-ring (bicyclic) bond motifs is 2. The molecule has 4 rings (SSSR count). The summed E-state index contributed by atoms with van der Waals surface area (Å²) in [6.45, 7) is 0.320. The number of furan rings is 1. The van der Waals surface area contributed by atoms with Crippen molar-refractivity contribution in [1.82, 2.24) is 5.32 Å². The van der Waals surface area contributed by atoms with Gasteiger partial charge in [0.05, 0.1) is 24.1 Å². The Balaban J connectivity index is 1.43. The Labute approximate surface area is 146 Å². The summed E-state index contributed by atoms with van der Waals surface area (Å²) < 4.78 is 5.23. The highest BCUT2D eigenvalue weighted by atomic mass is 16.3. The summed E-state index contributed by atoms with van der Waals surface area (Å²) in [7, 11) is 0. The van der Waals surface area contributed by atoms with E-state index in [1.54, 1.807) is 30.5 Å². The third-order valence-electron chi connectivity index (χ3n) is 5.51. The van der Waals surface area contributed by atoms with Crippen LogP contribution in [0.4, 0.5) is 5.69 Å². The summed E-state index contributed by atoms with van der Waals surface area (Å²) in [6.07, 6.45) is 6.17. The van der Waals surface area contributed by atoms with E-state index in [0.717, 1.165) is 12.8 Å². The van der Waals surface area contributed by atoms with Crippen molar-refractivity contribution in [2.75, 3.05) is 5.32 Å². The molecule has 2 fully saturated rings. The quantitative estimate of drug-likeness (QED) is 0.875. The number of carbonyl (C=O) groups excluding carboxylic acids is 2. The van der Waals surface area contributed by atoms with Crippen LogP contribution in [-0.2, 0) is 11.3 Å². The minimum atomic E-state index is -0.222. The van der Waals surface area contributed by atoms with Gasteiger partial charge in [0.15, 0.2) is 0 Å². The fraction of sp³-hybridized carbons (Fsp3) is 0.400. The maximum absolute atomic E-state index is 12.7. The summed E-state index contributed by atoms with van der Waals surface area (Å²) in [6, 6.07) is 10.7. The van der Waals surface area contributed by atoms with Crippen LogP contribution in [0, 0.1) is 17.8 Å². The van der Waals surface area contributed by atoms with Gasteiger partial charge in [0.1, 0.15) is 5.76 Å². The number of nitrogens with one attached hydrogen (secondary N) is 2. The van der Waals surface area contributed by atoms with E-state index >= 15 is 0 Å². The smallest absolute Gasteiger partial charge is 0.253 e. The molecule has 3 atom stereocenters. The van der Waals surface area contributed by atoms with E-state index < -0.39 is 0 Å². The lowest BCUT2D eigenvalue weighted by Crippen LogP contribution is -2.29. The van der Waals surface area contributed by atoms with Gasteiger partial charge in [-0.25, -0.2) is 0 Å². The van der Waals surface area contributed by atoms with Crippen LogP contribution in [0.3, 0.4) is 0 Å². The lowest BCUT2D eigenvalue weighted by molar-refractivity contribution is -0.121. The second-order valence-electron chi connectivity index (χ2n) is 7.08. The molecule has 2 aliphatic carbocycles. The molecule has 5 nitrogen and oxygen atoms in total. The average molecular weight is 338 g/mol. The van der Waals surface area contributed by atoms with Crippen LogP contribution < -0.4 is 10.6 Å². The number of carbonyl (C=O) groups is 2. The zero-order valence-corrected chi connectivity index (χ0v) is 14.0. The van der Waals surface area contributed by atoms with Crippen molar-refractivity contribution in [2.45, 2.75) is 32.2 Å². The first-order valence-electron chi connectivity index (χ1n) is 8.91. The normalized spacial score (nSPS) is 24.2. The first-order chi connectivity index (χ1) is 12.2. The molecule has 2 bridgehead atoms. The van der Waals surface area contributed by atoms with Gasteiger partial charge in [-0.15, -0.1) is 0 Å². The number of hydrogen-bond donors (Lipinski definition) is 2. The monoisotopic (exact) mass is 338 g/mol. The standard InChI is InChI=1S/C20H22N2O3/c23-19(21-12-15-4-3-9-25-15)16-5-1-2-6-18(16)22-20(24)17-11-13-7-8-14(17)10-13/h1-6,9,13-14,17H,7-8,10-12H2,(H,21,23)(H,22,24). The molecule has 1 heterocycles. The van der Waals surface area contributed by atoms with Crippen LogP contribution in [0.2, 0.25) is 0 Å². The Hall–Kier alpha value is -2.56. The van der Waals surface area contributed by atoms with Crippen molar-refractivity contribution in [3.8, 4) is 0 Å². The Kier molecular flexibility index (Phi) is 4.30. The number of hydrogen-bond acceptors (Lipinski definition) is 3. The molecule has 0 radical (unpaired) electrons. The Morgan fingerprint density at radius 3 is 2.68 bits per heavy atom. The first kappa shape index (κ1) is 15.9. The molecule has 3 unspecified atom stereocenters. The number of anilines is 1. The summed E-state index contributed by atoms with van der Waals surface area (Å²) in [5, 5.41) is 5.82. The molecular weight excluding hydrogens is 316 g/mol. The van der Waals surface area contributed by atoms with Crippen molar-refractivity contribution in [2.24, 2.45) is 17.8 Å². The molecule has 0 spiro atoms. The van der Waals surface area contributed by atoms with Gasteiger partial charge in [0.25, 0.3) is 5.91 Å². The molecule has 1 aromatic carbocycles. The fourth-order valence-electron chi connectivity index (χ4n) is 4.26. The Morgan fingerprint density at radius 2 is 1.96 bits per heavy atom. The average Bonchev–Trinajstić information content (AvgIpc) is 3.37. The van der Waals surface area contributed by atoms with Crippen molar-refractivity contribution in [3.63, 3.8) is 0 Å². The molecule has 0 saturated heterocycles. The molecule has 25 heavy (non-hydrogen) atoms. The van der Waals surface area contributed by atoms with Crippen molar-refractivity contribution >= 4 is 17.5 Å². The maximum Gasteiger partial charge on any atom is 0.253 e. The minimum absolute atomic E-state index is 0.0542. The third-order valence-corrected chi connectivity index (χ3v) is 5.51. The highest BCUT2D eigenvalue weighted by molar-refractivity contribution is 6.04. The van der Waals surface area contributed by atoms with Crippen LogP contribution in [-0.4, -0.2) is 11.8 Å². The molecule has 130 valence electrons. The molecule has 2 saturated carbocycles. The number of benzene rings is 1. The largest absolute Gasteiger partial charge is 0.467 e. The molecule has 2 amide bonds. The highest BCUT2D eigenvalue weighted by Gasteiger charge is 2.43. The van der Waals surface area contributed by atoms with Crippen LogP contribution in [0.15, 0.2) is 47.1 Å². The van der Waals surface area contributed by atoms with Crippen molar-refractivity contribution in [1.29, 1.82) is 0 Å². The Bertz CT molecular complexity index is 769. The molecule has 2 aromatic rings. The molecule has 2 N–H and O–H groups in total. The minimum Gasteiger partial charge on any atom is -0.467 e. The molecule has 5 heteroatoms. The zero-order valence-electron chi connectivity index (χ0n) is 14.0. The number of para-hydroxylation sites is 1. The second-order valence-corrected chi connectivity index (χ2v) is 7.08. The van der Waals surface area contributed by atoms with Gasteiger partial charge in [-0.1, -0.05) is 18.6 Å². The molecule has 0 aliphatic heterocycles. The van der Waals surface area contributed by atoms with Crippen LogP contribution >= 0.6 is 0 Å². The summed E-state index contributed by atoms with van der Waals surface area (Å²) in [5.41, 5.74) is 1.05. The Morgan fingerprint density at radius 1 is 1.08 bits per heavy atom. The third kappa shape index (κ3) is 3.31. The van der Waals surface area contributed by atoms with Crippen LogP contribution in [0.1, 0.15) is 41.8 Å². The van der Waals surface area contributed by atoms with Crippen molar-refractivity contribution < 1.29 is 14.0 Å². The predicted molar refractivity (Wildman–Crippen MR) is 93.9 cm³/mol. The highest BCUT2D eigenvalue weighted by Crippen LogP contribution is 2.48. The zero-order chi connectivity index (χ0) is 17.2. The number of rotatable bonds is 5. The maximum atomic E-state index is 12.7.